The van der Waals surface area contributed by atoms with Crippen molar-refractivity contribution in [3.63, 3.8) is 0 Å². The summed E-state index contributed by atoms with van der Waals surface area (Å²) < 4.78 is 21.5. The number of aliphatic hydroxyl groups excluding tert-OH is 7. The summed E-state index contributed by atoms with van der Waals surface area (Å²) in [6, 6.07) is -0.627. The molecule has 0 aromatic heterocycles. The van der Waals surface area contributed by atoms with Crippen molar-refractivity contribution >= 4 is 17.6 Å². The lowest BCUT2D eigenvalue weighted by Crippen LogP contribution is -2.67. The topological polar surface area (TPSA) is 211 Å². The molecule has 0 aliphatic carbocycles. The summed E-state index contributed by atoms with van der Waals surface area (Å²) >= 11 is 5.62. The Morgan fingerprint density at radius 3 is 2.24 bits per heavy atom. The number of ether oxygens (including phenoxy) is 4. The van der Waals surface area contributed by atoms with E-state index in [4.69, 9.17) is 30.5 Å². The minimum atomic E-state index is -1.77. The number of hydrogen-bond donors (Lipinski definition) is 8. The van der Waals surface area contributed by atoms with Gasteiger partial charge in [-0.2, -0.15) is 0 Å². The highest BCUT2D eigenvalue weighted by Gasteiger charge is 2.51. The number of halogens is 1. The second kappa shape index (κ2) is 14.0. The average Bonchev–Trinajstić information content (AvgIpc) is 2.83. The van der Waals surface area contributed by atoms with Gasteiger partial charge in [-0.05, 0) is 6.42 Å². The van der Waals surface area contributed by atoms with Crippen molar-refractivity contribution in [1.82, 2.24) is 10.2 Å². The molecule has 2 rings (SSSR count). The minimum absolute atomic E-state index is 0.0762. The predicted octanol–water partition coefficient (Wildman–Crippen LogP) is -4.10. The van der Waals surface area contributed by atoms with Crippen molar-refractivity contribution in [2.75, 3.05) is 45.9 Å². The lowest BCUT2D eigenvalue weighted by molar-refractivity contribution is -0.347. The summed E-state index contributed by atoms with van der Waals surface area (Å²) in [6.45, 7) is -0.892. The van der Waals surface area contributed by atoms with Crippen LogP contribution in [0, 0.1) is 0 Å². The molecule has 15 heteroatoms. The van der Waals surface area contributed by atoms with Crippen LogP contribution in [0.15, 0.2) is 0 Å². The largest absolute Gasteiger partial charge is 0.394 e. The Kier molecular flexibility index (Phi) is 12.1. The second-order valence-electron chi connectivity index (χ2n) is 7.99. The van der Waals surface area contributed by atoms with Crippen LogP contribution >= 0.6 is 11.6 Å². The molecule has 8 N–H and O–H groups in total. The van der Waals surface area contributed by atoms with Crippen molar-refractivity contribution in [3.8, 4) is 0 Å². The number of aliphatic hydroxyl groups is 7. The Labute approximate surface area is 201 Å². The zero-order valence-corrected chi connectivity index (χ0v) is 19.5. The van der Waals surface area contributed by atoms with Crippen LogP contribution in [-0.2, 0) is 18.9 Å². The lowest BCUT2D eigenvalue weighted by Gasteiger charge is -2.48. The smallest absolute Gasteiger partial charge is 0.319 e. The molecule has 2 saturated heterocycles. The number of amides is 2. The fourth-order valence-corrected chi connectivity index (χ4v) is 3.90. The molecule has 0 bridgehead atoms. The molecule has 14 nitrogen and oxygen atoms in total. The number of alkyl halides is 1. The highest BCUT2D eigenvalue weighted by atomic mass is 35.5. The monoisotopic (exact) mass is 518 g/mol. The van der Waals surface area contributed by atoms with Gasteiger partial charge in [-0.25, -0.2) is 4.79 Å². The molecule has 10 atom stereocenters. The van der Waals surface area contributed by atoms with Gasteiger partial charge < -0.3 is 60.0 Å². The molecular weight excluding hydrogens is 484 g/mol. The first-order valence-corrected chi connectivity index (χ1v) is 11.4. The third-order valence-electron chi connectivity index (χ3n) is 5.67. The number of rotatable bonds is 11. The summed E-state index contributed by atoms with van der Waals surface area (Å²) in [4.78, 5) is 13.8. The van der Waals surface area contributed by atoms with Gasteiger partial charge in [0.2, 0.25) is 0 Å². The summed E-state index contributed by atoms with van der Waals surface area (Å²) in [5.74, 6) is 0.141. The summed E-state index contributed by atoms with van der Waals surface area (Å²) in [5, 5.41) is 73.3. The van der Waals surface area contributed by atoms with E-state index in [2.05, 4.69) is 5.32 Å². The van der Waals surface area contributed by atoms with Gasteiger partial charge >= 0.3 is 6.03 Å². The summed E-state index contributed by atoms with van der Waals surface area (Å²) in [7, 11) is 1.48. The Morgan fingerprint density at radius 1 is 0.971 bits per heavy atom. The van der Waals surface area contributed by atoms with Crippen molar-refractivity contribution in [3.05, 3.63) is 0 Å². The van der Waals surface area contributed by atoms with E-state index in [1.807, 2.05) is 0 Å². The highest BCUT2D eigenvalue weighted by molar-refractivity contribution is 6.18. The number of carbonyl (C=O) groups excluding carboxylic acids is 1. The first-order chi connectivity index (χ1) is 16.2. The van der Waals surface area contributed by atoms with E-state index >= 15 is 0 Å². The normalized spacial score (nSPS) is 38.5. The van der Waals surface area contributed by atoms with Gasteiger partial charge in [0.15, 0.2) is 12.5 Å². The van der Waals surface area contributed by atoms with Gasteiger partial charge in [0, 0.05) is 32.7 Å². The van der Waals surface area contributed by atoms with Gasteiger partial charge in [0.1, 0.15) is 48.8 Å². The predicted molar refractivity (Wildman–Crippen MR) is 114 cm³/mol. The second-order valence-corrected chi connectivity index (χ2v) is 8.37. The number of hydrogen-bond acceptors (Lipinski definition) is 12. The Bertz CT molecular complexity index is 618. The van der Waals surface area contributed by atoms with Crippen molar-refractivity contribution < 1.29 is 59.5 Å². The van der Waals surface area contributed by atoms with Crippen LogP contribution in [0.25, 0.3) is 0 Å². The maximum atomic E-state index is 12.6. The molecule has 0 aromatic rings. The van der Waals surface area contributed by atoms with Crippen LogP contribution in [0.2, 0.25) is 0 Å². The minimum Gasteiger partial charge on any atom is -0.394 e. The summed E-state index contributed by atoms with van der Waals surface area (Å²) in [5.41, 5.74) is 0. The molecule has 2 aliphatic heterocycles. The fraction of sp³-hybridized carbons (Fsp3) is 0.947. The molecule has 0 aromatic carbocycles. The molecular formula is C19H35ClN2O12. The van der Waals surface area contributed by atoms with Gasteiger partial charge in [0.05, 0.1) is 13.2 Å². The highest BCUT2D eigenvalue weighted by Crippen LogP contribution is 2.30. The molecule has 200 valence electrons. The molecule has 2 amide bonds. The van der Waals surface area contributed by atoms with Crippen LogP contribution in [-0.4, -0.2) is 154 Å². The van der Waals surface area contributed by atoms with Gasteiger partial charge in [0.25, 0.3) is 0 Å². The molecule has 0 saturated carbocycles. The van der Waals surface area contributed by atoms with E-state index in [0.29, 0.717) is 13.0 Å². The van der Waals surface area contributed by atoms with Gasteiger partial charge in [-0.1, -0.05) is 0 Å². The quantitative estimate of drug-likeness (QED) is 0.0968. The van der Waals surface area contributed by atoms with E-state index < -0.39 is 80.6 Å². The first-order valence-electron chi connectivity index (χ1n) is 10.9. The fourth-order valence-electron chi connectivity index (χ4n) is 3.81. The van der Waals surface area contributed by atoms with Crippen molar-refractivity contribution in [1.29, 1.82) is 0 Å². The number of carbonyl (C=O) groups is 1. The molecule has 1 unspecified atom stereocenters. The molecule has 2 aliphatic rings. The Balaban J connectivity index is 2.18. The third kappa shape index (κ3) is 6.87. The van der Waals surface area contributed by atoms with Gasteiger partial charge in [-0.15, -0.1) is 11.6 Å². The molecule has 0 radical (unpaired) electrons. The van der Waals surface area contributed by atoms with Crippen LogP contribution in [0.3, 0.4) is 0 Å². The van der Waals surface area contributed by atoms with E-state index in [0.717, 1.165) is 4.90 Å². The Hall–Kier alpha value is -0.880. The first kappa shape index (κ1) is 29.4. The van der Waals surface area contributed by atoms with Crippen LogP contribution in [0.1, 0.15) is 6.42 Å². The zero-order chi connectivity index (χ0) is 25.4. The van der Waals surface area contributed by atoms with Crippen LogP contribution < -0.4 is 5.32 Å². The number of urea groups is 1. The summed E-state index contributed by atoms with van der Waals surface area (Å²) in [6.07, 6.45) is -15.2. The molecule has 2 fully saturated rings. The van der Waals surface area contributed by atoms with E-state index in [1.165, 1.54) is 7.11 Å². The van der Waals surface area contributed by atoms with Crippen molar-refractivity contribution in [2.45, 2.75) is 67.8 Å². The lowest BCUT2D eigenvalue weighted by atomic mass is 9.96. The standard InChI is InChI=1S/C19H35ClN2O12/c1-31-6-2-5-22(19(30)21-4-3-20)17-14(28)13(27)16(10(8-24)32-17)34-18-15(29)12(26)11(25)9(7-23)33-18/h9-18,23-29H,2-8H2,1H3,(H,21,30)/t9-,10-,11-,12+,13-,14-,15-,16-,17?,18-/m1/s1. The molecule has 0 spiro atoms. The molecule has 2 heterocycles. The van der Waals surface area contributed by atoms with E-state index in [9.17, 15) is 40.5 Å². The molecule has 34 heavy (non-hydrogen) atoms. The van der Waals surface area contributed by atoms with Crippen LogP contribution in [0.5, 0.6) is 0 Å². The van der Waals surface area contributed by atoms with Gasteiger partial charge in [-0.3, -0.25) is 4.90 Å². The average molecular weight is 519 g/mol. The van der Waals surface area contributed by atoms with E-state index in [-0.39, 0.29) is 19.0 Å². The maximum Gasteiger partial charge on any atom is 0.319 e. The SMILES string of the molecule is COCCCN(C(=O)NCCCl)C1O[C@H](CO)[C@@H](O[C@H]2O[C@H](CO)[C@@H](O)[C@H](O)[C@H]2O)[C@H](O)[C@H]1O. The maximum absolute atomic E-state index is 12.6. The number of nitrogens with one attached hydrogen (secondary N) is 1. The number of methoxy groups -OCH3 is 1. The van der Waals surface area contributed by atoms with Crippen LogP contribution in [0.4, 0.5) is 4.79 Å². The van der Waals surface area contributed by atoms with E-state index in [1.54, 1.807) is 0 Å². The van der Waals surface area contributed by atoms with Crippen molar-refractivity contribution in [2.24, 2.45) is 0 Å². The third-order valence-corrected chi connectivity index (χ3v) is 5.85. The number of nitrogens with zero attached hydrogens (tertiary/aromatic N) is 1. The Morgan fingerprint density at radius 2 is 1.65 bits per heavy atom. The zero-order valence-electron chi connectivity index (χ0n) is 18.7.